The van der Waals surface area contributed by atoms with Gasteiger partial charge in [0, 0.05) is 49.4 Å². The van der Waals surface area contributed by atoms with Crippen LogP contribution in [0.5, 0.6) is 0 Å². The lowest BCUT2D eigenvalue weighted by molar-refractivity contribution is 0.669. The molecule has 0 spiro atoms. The molecule has 6 aromatic carbocycles. The van der Waals surface area contributed by atoms with Gasteiger partial charge in [-0.25, -0.2) is 15.0 Å². The number of benzene rings is 6. The number of aromatic nitrogens is 4. The fraction of sp³-hybridized carbons (Fsp3) is 0. The third-order valence-corrected chi connectivity index (χ3v) is 8.55. The average Bonchev–Trinajstić information content (AvgIpc) is 3.63. The standard InChI is InChI=1S/C39H23ClN4O/c40-26-19-21-30-31-15-9-16-32(36(31)45-35(30)23-26)39-42-37(24-10-3-1-4-11-24)41-38(43-39)25-18-20-29-28-14-7-8-17-33(28)44(34(29)22-25)27-12-5-2-6-13-27/h1-23H. The molecule has 9 rings (SSSR count). The van der Waals surface area contributed by atoms with Crippen LogP contribution in [-0.4, -0.2) is 19.5 Å². The Balaban J connectivity index is 1.30. The highest BCUT2D eigenvalue weighted by Crippen LogP contribution is 2.38. The first kappa shape index (κ1) is 25.7. The third kappa shape index (κ3) is 4.20. The van der Waals surface area contributed by atoms with Gasteiger partial charge in [0.05, 0.1) is 16.6 Å². The molecule has 0 aliphatic heterocycles. The van der Waals surface area contributed by atoms with Crippen LogP contribution in [0.4, 0.5) is 0 Å². The molecular weight excluding hydrogens is 576 g/mol. The van der Waals surface area contributed by atoms with E-state index >= 15 is 0 Å². The van der Waals surface area contributed by atoms with E-state index in [1.165, 1.54) is 10.8 Å². The summed E-state index contributed by atoms with van der Waals surface area (Å²) in [6, 6.07) is 47.2. The minimum atomic E-state index is 0.540. The third-order valence-electron chi connectivity index (χ3n) is 8.32. The Morgan fingerprint density at radius 2 is 1.16 bits per heavy atom. The molecule has 9 aromatic rings. The molecule has 0 bridgehead atoms. The maximum Gasteiger partial charge on any atom is 0.167 e. The number of nitrogens with zero attached hydrogens (tertiary/aromatic N) is 4. The molecular formula is C39H23ClN4O. The normalized spacial score (nSPS) is 11.7. The summed E-state index contributed by atoms with van der Waals surface area (Å²) >= 11 is 6.30. The van der Waals surface area contributed by atoms with E-state index in [4.69, 9.17) is 31.0 Å². The molecule has 212 valence electrons. The van der Waals surface area contributed by atoms with Crippen LogP contribution < -0.4 is 0 Å². The van der Waals surface area contributed by atoms with Crippen LogP contribution in [0.25, 0.3) is 83.6 Å². The Kier molecular flexibility index (Phi) is 5.80. The molecule has 0 saturated heterocycles. The van der Waals surface area contributed by atoms with E-state index < -0.39 is 0 Å². The fourth-order valence-corrected chi connectivity index (χ4v) is 6.42. The zero-order valence-electron chi connectivity index (χ0n) is 23.9. The first-order valence-electron chi connectivity index (χ1n) is 14.7. The highest BCUT2D eigenvalue weighted by Gasteiger charge is 2.19. The van der Waals surface area contributed by atoms with Gasteiger partial charge in [-0.1, -0.05) is 103 Å². The van der Waals surface area contributed by atoms with Crippen molar-refractivity contribution < 1.29 is 4.42 Å². The fourth-order valence-electron chi connectivity index (χ4n) is 6.25. The second kappa shape index (κ2) is 10.2. The van der Waals surface area contributed by atoms with E-state index in [1.807, 2.05) is 66.7 Å². The van der Waals surface area contributed by atoms with Gasteiger partial charge in [0.15, 0.2) is 17.5 Å². The van der Waals surface area contributed by atoms with E-state index in [-0.39, 0.29) is 0 Å². The van der Waals surface area contributed by atoms with Crippen molar-refractivity contribution in [2.45, 2.75) is 0 Å². The molecule has 0 N–H and O–H groups in total. The molecule has 0 fully saturated rings. The van der Waals surface area contributed by atoms with Crippen molar-refractivity contribution in [1.29, 1.82) is 0 Å². The first-order chi connectivity index (χ1) is 22.2. The second-order valence-electron chi connectivity index (χ2n) is 11.0. The van der Waals surface area contributed by atoms with E-state index in [0.717, 1.165) is 49.8 Å². The molecule has 3 heterocycles. The number of halogens is 1. The van der Waals surface area contributed by atoms with Crippen molar-refractivity contribution in [2.24, 2.45) is 0 Å². The monoisotopic (exact) mass is 598 g/mol. The van der Waals surface area contributed by atoms with Crippen LogP contribution in [0.1, 0.15) is 0 Å². The molecule has 6 heteroatoms. The molecule has 0 aliphatic rings. The predicted octanol–water partition coefficient (Wildman–Crippen LogP) is 10.5. The van der Waals surface area contributed by atoms with Gasteiger partial charge in [0.25, 0.3) is 0 Å². The summed E-state index contributed by atoms with van der Waals surface area (Å²) in [5.41, 5.74) is 7.36. The van der Waals surface area contributed by atoms with Gasteiger partial charge in [-0.15, -0.1) is 0 Å². The van der Waals surface area contributed by atoms with Crippen LogP contribution in [-0.2, 0) is 0 Å². The molecule has 0 atom stereocenters. The number of fused-ring (bicyclic) bond motifs is 6. The van der Waals surface area contributed by atoms with Crippen molar-refractivity contribution in [3.63, 3.8) is 0 Å². The van der Waals surface area contributed by atoms with Gasteiger partial charge in [-0.2, -0.15) is 0 Å². The Labute approximate surface area is 263 Å². The Morgan fingerprint density at radius 3 is 2.00 bits per heavy atom. The number of furan rings is 1. The number of para-hydroxylation sites is 3. The van der Waals surface area contributed by atoms with Gasteiger partial charge in [-0.3, -0.25) is 0 Å². The summed E-state index contributed by atoms with van der Waals surface area (Å²) in [6.45, 7) is 0. The van der Waals surface area contributed by atoms with E-state index in [1.54, 1.807) is 0 Å². The summed E-state index contributed by atoms with van der Waals surface area (Å²) in [5, 5.41) is 4.96. The molecule has 0 aliphatic carbocycles. The Morgan fingerprint density at radius 1 is 0.489 bits per heavy atom. The van der Waals surface area contributed by atoms with Crippen LogP contribution in [0, 0.1) is 0 Å². The molecule has 5 nitrogen and oxygen atoms in total. The molecule has 0 radical (unpaired) electrons. The lowest BCUT2D eigenvalue weighted by Gasteiger charge is -2.10. The van der Waals surface area contributed by atoms with Gasteiger partial charge in [0.1, 0.15) is 11.2 Å². The van der Waals surface area contributed by atoms with Crippen LogP contribution in [0.2, 0.25) is 5.02 Å². The zero-order chi connectivity index (χ0) is 29.9. The number of rotatable bonds is 4. The summed E-state index contributed by atoms with van der Waals surface area (Å²) in [5.74, 6) is 1.72. The summed E-state index contributed by atoms with van der Waals surface area (Å²) < 4.78 is 8.68. The van der Waals surface area contributed by atoms with E-state index in [9.17, 15) is 0 Å². The molecule has 3 aromatic heterocycles. The maximum atomic E-state index is 6.38. The molecule has 0 amide bonds. The number of hydrogen-bond acceptors (Lipinski definition) is 4. The minimum absolute atomic E-state index is 0.540. The second-order valence-corrected chi connectivity index (χ2v) is 11.5. The van der Waals surface area contributed by atoms with Crippen LogP contribution in [0.15, 0.2) is 144 Å². The Hall–Kier alpha value is -5.78. The van der Waals surface area contributed by atoms with E-state index in [0.29, 0.717) is 28.1 Å². The van der Waals surface area contributed by atoms with Crippen molar-refractivity contribution >= 4 is 55.3 Å². The minimum Gasteiger partial charge on any atom is -0.455 e. The smallest absolute Gasteiger partial charge is 0.167 e. The largest absolute Gasteiger partial charge is 0.455 e. The van der Waals surface area contributed by atoms with Gasteiger partial charge in [-0.05, 0) is 42.5 Å². The first-order valence-corrected chi connectivity index (χ1v) is 15.1. The zero-order valence-corrected chi connectivity index (χ0v) is 24.6. The van der Waals surface area contributed by atoms with E-state index in [2.05, 4.69) is 77.4 Å². The molecule has 45 heavy (non-hydrogen) atoms. The lowest BCUT2D eigenvalue weighted by atomic mass is 10.1. The molecule has 0 unspecified atom stereocenters. The SMILES string of the molecule is Clc1ccc2c(c1)oc1c(-c3nc(-c4ccccc4)nc(-c4ccc5c6ccccc6n(-c6ccccc6)c5c4)n3)cccc12. The van der Waals surface area contributed by atoms with Crippen molar-refractivity contribution in [1.82, 2.24) is 19.5 Å². The molecule has 0 saturated carbocycles. The average molecular weight is 599 g/mol. The highest BCUT2D eigenvalue weighted by molar-refractivity contribution is 6.31. The summed E-state index contributed by atoms with van der Waals surface area (Å²) in [7, 11) is 0. The predicted molar refractivity (Wildman–Crippen MR) is 183 cm³/mol. The summed E-state index contributed by atoms with van der Waals surface area (Å²) in [6.07, 6.45) is 0. The van der Waals surface area contributed by atoms with Gasteiger partial charge < -0.3 is 8.98 Å². The number of hydrogen-bond donors (Lipinski definition) is 0. The van der Waals surface area contributed by atoms with Crippen molar-refractivity contribution in [3.05, 3.63) is 145 Å². The summed E-state index contributed by atoms with van der Waals surface area (Å²) in [4.78, 5) is 15.1. The lowest BCUT2D eigenvalue weighted by Crippen LogP contribution is -2.00. The topological polar surface area (TPSA) is 56.7 Å². The Bertz CT molecular complexity index is 2550. The maximum absolute atomic E-state index is 6.38. The van der Waals surface area contributed by atoms with Crippen LogP contribution >= 0.6 is 11.6 Å². The van der Waals surface area contributed by atoms with Crippen molar-refractivity contribution in [2.75, 3.05) is 0 Å². The highest BCUT2D eigenvalue weighted by atomic mass is 35.5. The quantitative estimate of drug-likeness (QED) is 0.202. The van der Waals surface area contributed by atoms with Gasteiger partial charge >= 0.3 is 0 Å². The van der Waals surface area contributed by atoms with Crippen LogP contribution in [0.3, 0.4) is 0 Å². The van der Waals surface area contributed by atoms with Gasteiger partial charge in [0.2, 0.25) is 0 Å². The van der Waals surface area contributed by atoms with Crippen molar-refractivity contribution in [3.8, 4) is 39.9 Å².